The highest BCUT2D eigenvalue weighted by Crippen LogP contribution is 2.23. The summed E-state index contributed by atoms with van der Waals surface area (Å²) in [6, 6.07) is 6.18. The lowest BCUT2D eigenvalue weighted by atomic mass is 10.1. The summed E-state index contributed by atoms with van der Waals surface area (Å²) in [5, 5.41) is 1.03. The van der Waals surface area contributed by atoms with Crippen molar-refractivity contribution >= 4 is 23.4 Å². The Labute approximate surface area is 129 Å². The van der Waals surface area contributed by atoms with Gasteiger partial charge in [-0.1, -0.05) is 23.9 Å². The molecule has 5 heteroatoms. The molecule has 0 saturated heterocycles. The number of ether oxygens (including phenoxy) is 1. The van der Waals surface area contributed by atoms with Crippen LogP contribution in [-0.2, 0) is 6.54 Å². The van der Waals surface area contributed by atoms with Gasteiger partial charge in [-0.3, -0.25) is 0 Å². The average molecular weight is 311 g/mol. The maximum absolute atomic E-state index is 5.78. The van der Waals surface area contributed by atoms with E-state index in [0.717, 1.165) is 23.9 Å². The lowest BCUT2D eigenvalue weighted by Gasteiger charge is -2.13. The molecule has 20 heavy (non-hydrogen) atoms. The van der Waals surface area contributed by atoms with E-state index in [2.05, 4.69) is 22.5 Å². The minimum absolute atomic E-state index is 0.630. The predicted octanol–water partition coefficient (Wildman–Crippen LogP) is 3.97. The normalized spacial score (nSPS) is 10.8. The standard InChI is InChI=1S/C15H19ClN2OS/c1-12-13(11-18-9-8-17-15(18)20-2)5-3-6-14(12)19-10-4-7-16/h3,5-6,8-9H,4,7,10-11H2,1-2H3. The van der Waals surface area contributed by atoms with Crippen molar-refractivity contribution in [3.8, 4) is 5.75 Å². The maximum Gasteiger partial charge on any atom is 0.167 e. The van der Waals surface area contributed by atoms with Crippen molar-refractivity contribution in [1.82, 2.24) is 9.55 Å². The van der Waals surface area contributed by atoms with Crippen molar-refractivity contribution < 1.29 is 4.74 Å². The Morgan fingerprint density at radius 3 is 3.00 bits per heavy atom. The Morgan fingerprint density at radius 2 is 2.25 bits per heavy atom. The zero-order valence-corrected chi connectivity index (χ0v) is 13.4. The molecule has 0 radical (unpaired) electrons. The molecule has 0 fully saturated rings. The van der Waals surface area contributed by atoms with Crippen LogP contribution in [0.15, 0.2) is 35.7 Å². The molecule has 0 aliphatic carbocycles. The van der Waals surface area contributed by atoms with Crippen LogP contribution in [-0.4, -0.2) is 28.3 Å². The third-order valence-corrected chi connectivity index (χ3v) is 4.10. The number of alkyl halides is 1. The van der Waals surface area contributed by atoms with E-state index < -0.39 is 0 Å². The van der Waals surface area contributed by atoms with Gasteiger partial charge in [0.2, 0.25) is 0 Å². The highest BCUT2D eigenvalue weighted by Gasteiger charge is 2.08. The number of imidazole rings is 1. The van der Waals surface area contributed by atoms with Crippen molar-refractivity contribution in [2.24, 2.45) is 0 Å². The number of benzene rings is 1. The van der Waals surface area contributed by atoms with E-state index in [-0.39, 0.29) is 0 Å². The van der Waals surface area contributed by atoms with Gasteiger partial charge in [-0.2, -0.15) is 0 Å². The topological polar surface area (TPSA) is 27.1 Å². The van der Waals surface area contributed by atoms with Crippen molar-refractivity contribution in [2.75, 3.05) is 18.7 Å². The number of thioether (sulfide) groups is 1. The smallest absolute Gasteiger partial charge is 0.167 e. The van der Waals surface area contributed by atoms with Gasteiger partial charge in [-0.15, -0.1) is 11.6 Å². The zero-order valence-electron chi connectivity index (χ0n) is 11.8. The SMILES string of the molecule is CSc1nccn1Cc1cccc(OCCCCl)c1C. The molecular weight excluding hydrogens is 292 g/mol. The average Bonchev–Trinajstić information content (AvgIpc) is 2.90. The van der Waals surface area contributed by atoms with Crippen molar-refractivity contribution in [3.05, 3.63) is 41.7 Å². The number of rotatable bonds is 7. The molecule has 2 aromatic rings. The first-order valence-corrected chi connectivity index (χ1v) is 8.34. The molecule has 0 aliphatic heterocycles. The summed E-state index contributed by atoms with van der Waals surface area (Å²) in [4.78, 5) is 4.32. The Kier molecular flexibility index (Phi) is 5.80. The van der Waals surface area contributed by atoms with Crippen LogP contribution in [0.25, 0.3) is 0 Å². The molecule has 0 amide bonds. The number of halogens is 1. The fraction of sp³-hybridized carbons (Fsp3) is 0.400. The fourth-order valence-electron chi connectivity index (χ4n) is 2.01. The van der Waals surface area contributed by atoms with E-state index in [1.807, 2.05) is 30.8 Å². The molecule has 1 heterocycles. The van der Waals surface area contributed by atoms with Crippen molar-refractivity contribution in [1.29, 1.82) is 0 Å². The number of hydrogen-bond acceptors (Lipinski definition) is 3. The summed E-state index contributed by atoms with van der Waals surface area (Å²) in [5.41, 5.74) is 2.43. The molecular formula is C15H19ClN2OS. The van der Waals surface area contributed by atoms with E-state index in [0.29, 0.717) is 12.5 Å². The number of aromatic nitrogens is 2. The van der Waals surface area contributed by atoms with Gasteiger partial charge in [0, 0.05) is 24.8 Å². The van der Waals surface area contributed by atoms with E-state index in [1.165, 1.54) is 11.1 Å². The molecule has 0 aliphatic rings. The highest BCUT2D eigenvalue weighted by atomic mass is 35.5. The minimum atomic E-state index is 0.630. The van der Waals surface area contributed by atoms with Crippen LogP contribution in [0.2, 0.25) is 0 Å². The first-order chi connectivity index (χ1) is 9.76. The summed E-state index contributed by atoms with van der Waals surface area (Å²) >= 11 is 7.33. The van der Waals surface area contributed by atoms with Gasteiger partial charge in [0.05, 0.1) is 6.61 Å². The molecule has 2 rings (SSSR count). The molecule has 1 aromatic heterocycles. The van der Waals surface area contributed by atoms with Gasteiger partial charge in [-0.05, 0) is 36.8 Å². The van der Waals surface area contributed by atoms with Crippen LogP contribution in [0, 0.1) is 6.92 Å². The van der Waals surface area contributed by atoms with E-state index in [9.17, 15) is 0 Å². The Morgan fingerprint density at radius 1 is 1.40 bits per heavy atom. The quantitative estimate of drug-likeness (QED) is 0.440. The zero-order chi connectivity index (χ0) is 14.4. The fourth-order valence-corrected chi connectivity index (χ4v) is 2.65. The predicted molar refractivity (Wildman–Crippen MR) is 85.1 cm³/mol. The summed E-state index contributed by atoms with van der Waals surface area (Å²) in [6.07, 6.45) is 6.75. The van der Waals surface area contributed by atoms with Gasteiger partial charge >= 0.3 is 0 Å². The van der Waals surface area contributed by atoms with Crippen LogP contribution >= 0.6 is 23.4 Å². The molecule has 108 valence electrons. The highest BCUT2D eigenvalue weighted by molar-refractivity contribution is 7.98. The molecule has 0 saturated carbocycles. The van der Waals surface area contributed by atoms with E-state index in [1.54, 1.807) is 11.8 Å². The van der Waals surface area contributed by atoms with Gasteiger partial charge in [0.25, 0.3) is 0 Å². The lowest BCUT2D eigenvalue weighted by molar-refractivity contribution is 0.315. The second kappa shape index (κ2) is 7.60. The largest absolute Gasteiger partial charge is 0.493 e. The van der Waals surface area contributed by atoms with Crippen LogP contribution in [0.1, 0.15) is 17.5 Å². The van der Waals surface area contributed by atoms with E-state index >= 15 is 0 Å². The molecule has 0 bridgehead atoms. The Balaban J connectivity index is 2.14. The van der Waals surface area contributed by atoms with Gasteiger partial charge < -0.3 is 9.30 Å². The molecule has 1 aromatic carbocycles. The summed E-state index contributed by atoms with van der Waals surface area (Å²) in [5.74, 6) is 1.57. The molecule has 3 nitrogen and oxygen atoms in total. The summed E-state index contributed by atoms with van der Waals surface area (Å²) < 4.78 is 7.93. The molecule has 0 spiro atoms. The summed E-state index contributed by atoms with van der Waals surface area (Å²) in [7, 11) is 0. The van der Waals surface area contributed by atoms with Crippen LogP contribution in [0.3, 0.4) is 0 Å². The van der Waals surface area contributed by atoms with Gasteiger partial charge in [0.1, 0.15) is 5.75 Å². The number of hydrogen-bond donors (Lipinski definition) is 0. The lowest BCUT2D eigenvalue weighted by Crippen LogP contribution is -2.05. The first-order valence-electron chi connectivity index (χ1n) is 6.58. The number of nitrogens with zero attached hydrogens (tertiary/aromatic N) is 2. The maximum atomic E-state index is 5.78. The van der Waals surface area contributed by atoms with E-state index in [4.69, 9.17) is 16.3 Å². The first kappa shape index (κ1) is 15.3. The molecule has 0 unspecified atom stereocenters. The Hall–Kier alpha value is -1.13. The monoisotopic (exact) mass is 310 g/mol. The van der Waals surface area contributed by atoms with Crippen LogP contribution in [0.4, 0.5) is 0 Å². The second-order valence-corrected chi connectivity index (χ2v) is 5.62. The van der Waals surface area contributed by atoms with Gasteiger partial charge in [-0.25, -0.2) is 4.98 Å². The summed E-state index contributed by atoms with van der Waals surface area (Å²) in [6.45, 7) is 3.57. The van der Waals surface area contributed by atoms with Gasteiger partial charge in [0.15, 0.2) is 5.16 Å². The molecule has 0 N–H and O–H groups in total. The third-order valence-electron chi connectivity index (χ3n) is 3.13. The van der Waals surface area contributed by atoms with Crippen molar-refractivity contribution in [2.45, 2.75) is 25.0 Å². The van der Waals surface area contributed by atoms with Crippen molar-refractivity contribution in [3.63, 3.8) is 0 Å². The van der Waals surface area contributed by atoms with Crippen LogP contribution in [0.5, 0.6) is 5.75 Å². The second-order valence-electron chi connectivity index (χ2n) is 4.47. The third kappa shape index (κ3) is 3.70. The van der Waals surface area contributed by atoms with Crippen LogP contribution < -0.4 is 4.74 Å². The minimum Gasteiger partial charge on any atom is -0.493 e. The molecule has 0 atom stereocenters. The Bertz CT molecular complexity index is 557.